The van der Waals surface area contributed by atoms with Gasteiger partial charge in [0.15, 0.2) is 23.9 Å². The van der Waals surface area contributed by atoms with Crippen LogP contribution in [0.4, 0.5) is 16.4 Å². The summed E-state index contributed by atoms with van der Waals surface area (Å²) in [7, 11) is 0. The zero-order valence-corrected chi connectivity index (χ0v) is 29.2. The Kier molecular flexibility index (Phi) is 9.12. The van der Waals surface area contributed by atoms with Crippen molar-refractivity contribution in [3.63, 3.8) is 0 Å². The lowest BCUT2D eigenvalue weighted by Gasteiger charge is -2.27. The van der Waals surface area contributed by atoms with Crippen molar-refractivity contribution >= 4 is 41.6 Å². The zero-order chi connectivity index (χ0) is 37.3. The Morgan fingerprint density at radius 3 is 1.89 bits per heavy atom. The summed E-state index contributed by atoms with van der Waals surface area (Å²) in [6.45, 7) is 5.44. The molecule has 2 aliphatic carbocycles. The molecule has 0 unspecified atom stereocenters. The topological polar surface area (TPSA) is 184 Å². The summed E-state index contributed by atoms with van der Waals surface area (Å²) in [5.41, 5.74) is 4.82. The van der Waals surface area contributed by atoms with E-state index in [1.807, 2.05) is 45.0 Å². The average molecular weight is 707 g/mol. The number of benzene rings is 2. The molecule has 53 heavy (non-hydrogen) atoms. The van der Waals surface area contributed by atoms with Gasteiger partial charge in [0, 0.05) is 35.3 Å². The van der Waals surface area contributed by atoms with Gasteiger partial charge in [-0.25, -0.2) is 14.8 Å². The Balaban J connectivity index is 0.000000170. The molecule has 0 aliphatic heterocycles. The van der Waals surface area contributed by atoms with Crippen molar-refractivity contribution in [3.05, 3.63) is 95.3 Å². The molecular weight excluding hydrogens is 672 g/mol. The summed E-state index contributed by atoms with van der Waals surface area (Å²) >= 11 is 0. The Morgan fingerprint density at radius 1 is 0.830 bits per heavy atom. The van der Waals surface area contributed by atoms with E-state index in [1.54, 1.807) is 45.8 Å². The van der Waals surface area contributed by atoms with E-state index >= 15 is 0 Å². The summed E-state index contributed by atoms with van der Waals surface area (Å²) < 4.78 is 8.77. The van der Waals surface area contributed by atoms with E-state index < -0.39 is 11.7 Å². The first-order chi connectivity index (χ1) is 25.6. The molecule has 1 amide bonds. The Labute approximate surface area is 304 Å². The minimum absolute atomic E-state index is 0.00683. The average Bonchev–Trinajstić information content (AvgIpc) is 4.08. The van der Waals surface area contributed by atoms with Gasteiger partial charge < -0.3 is 10.1 Å². The molecule has 2 aliphatic rings. The van der Waals surface area contributed by atoms with Gasteiger partial charge in [0.1, 0.15) is 17.2 Å². The first-order valence-electron chi connectivity index (χ1n) is 17.1. The zero-order valence-electron chi connectivity index (χ0n) is 29.2. The Morgan fingerprint density at radius 2 is 1.38 bits per heavy atom. The second-order valence-corrected chi connectivity index (χ2v) is 13.8. The van der Waals surface area contributed by atoms with Crippen LogP contribution in [0.25, 0.3) is 33.8 Å². The predicted octanol–water partition coefficient (Wildman–Crippen LogP) is 6.64. The maximum atomic E-state index is 13.0. The number of anilines is 2. The van der Waals surface area contributed by atoms with Gasteiger partial charge in [-0.2, -0.15) is 29.8 Å². The van der Waals surface area contributed by atoms with Gasteiger partial charge in [0.25, 0.3) is 0 Å². The maximum absolute atomic E-state index is 13.0. The van der Waals surface area contributed by atoms with E-state index in [4.69, 9.17) is 10.00 Å². The molecule has 0 atom stereocenters. The molecule has 4 heterocycles. The third-order valence-electron chi connectivity index (χ3n) is 8.49. The van der Waals surface area contributed by atoms with E-state index in [0.717, 1.165) is 43.4 Å². The van der Waals surface area contributed by atoms with Crippen LogP contribution in [-0.2, 0) is 4.74 Å². The fourth-order valence-corrected chi connectivity index (χ4v) is 5.69. The van der Waals surface area contributed by atoms with E-state index in [-0.39, 0.29) is 6.04 Å². The van der Waals surface area contributed by atoms with Crippen molar-refractivity contribution in [2.45, 2.75) is 64.1 Å². The first kappa shape index (κ1) is 34.5. The quantitative estimate of drug-likeness (QED) is 0.167. The number of carbonyl (C=O) groups is 3. The number of rotatable bonds is 8. The van der Waals surface area contributed by atoms with Crippen LogP contribution >= 0.6 is 0 Å². The third kappa shape index (κ3) is 7.43. The lowest BCUT2D eigenvalue weighted by atomic mass is 10.1. The molecule has 0 bridgehead atoms. The van der Waals surface area contributed by atoms with Gasteiger partial charge in [-0.05, 0) is 70.7 Å². The number of fused-ring (bicyclic) bond motifs is 2. The molecular formula is C39H34N10O4. The minimum atomic E-state index is -0.654. The number of nitriles is 2. The monoisotopic (exact) mass is 706 g/mol. The number of hydrogen-bond donors (Lipinski definition) is 1. The summed E-state index contributed by atoms with van der Waals surface area (Å²) in [5.74, 6) is 1.28. The highest BCUT2D eigenvalue weighted by Gasteiger charge is 2.38. The van der Waals surface area contributed by atoms with Crippen LogP contribution in [0, 0.1) is 22.7 Å². The lowest BCUT2D eigenvalue weighted by molar-refractivity contribution is 0.0575. The largest absolute Gasteiger partial charge is 0.443 e. The standard InChI is InChI=1S/C22H21N5O3.C17H13N5O/c1-22(2,3)30-21(29)26(17-7-8-17)19-10-18(15-6-4-5-14(9-15)11-23)25-20-16(13-28)12-24-27(19)20;18-8-11-2-1-3-12(6-11)15-7-16(20-14-4-5-14)22-17(21-15)13(10-23)9-19-22/h4-6,9-10,12-13,17H,7-8H2,1-3H3;1-3,6-7,9-10,14,20H,4-5H2. The second-order valence-electron chi connectivity index (χ2n) is 13.8. The highest BCUT2D eigenvalue weighted by Crippen LogP contribution is 2.35. The highest BCUT2D eigenvalue weighted by molar-refractivity contribution is 5.91. The lowest BCUT2D eigenvalue weighted by Crippen LogP contribution is -2.39. The van der Waals surface area contributed by atoms with Crippen LogP contribution in [0.5, 0.6) is 0 Å². The molecule has 0 spiro atoms. The summed E-state index contributed by atoms with van der Waals surface area (Å²) in [6.07, 6.45) is 7.87. The van der Waals surface area contributed by atoms with Crippen LogP contribution in [0.2, 0.25) is 0 Å². The molecule has 14 nitrogen and oxygen atoms in total. The van der Waals surface area contributed by atoms with Crippen LogP contribution in [0.1, 0.15) is 78.3 Å². The number of hydrogen-bond acceptors (Lipinski definition) is 11. The number of amides is 1. The summed E-state index contributed by atoms with van der Waals surface area (Å²) in [6, 6.07) is 22.6. The van der Waals surface area contributed by atoms with E-state index in [2.05, 4.69) is 37.6 Å². The van der Waals surface area contributed by atoms with Gasteiger partial charge >= 0.3 is 6.09 Å². The molecule has 2 fully saturated rings. The van der Waals surface area contributed by atoms with Gasteiger partial charge in [-0.1, -0.05) is 24.3 Å². The van der Waals surface area contributed by atoms with Crippen molar-refractivity contribution in [2.75, 3.05) is 10.2 Å². The molecule has 0 radical (unpaired) electrons. The second kappa shape index (κ2) is 14.0. The third-order valence-corrected chi connectivity index (χ3v) is 8.49. The Bertz CT molecular complexity index is 2470. The summed E-state index contributed by atoms with van der Waals surface area (Å²) in [4.78, 5) is 46.5. The minimum Gasteiger partial charge on any atom is -0.443 e. The van der Waals surface area contributed by atoms with Crippen LogP contribution in [0.3, 0.4) is 0 Å². The molecule has 2 aromatic carbocycles. The molecule has 264 valence electrons. The van der Waals surface area contributed by atoms with Gasteiger partial charge in [-0.15, -0.1) is 0 Å². The van der Waals surface area contributed by atoms with Gasteiger partial charge in [-0.3, -0.25) is 14.5 Å². The van der Waals surface area contributed by atoms with E-state index in [0.29, 0.717) is 68.6 Å². The fourth-order valence-electron chi connectivity index (χ4n) is 5.69. The number of aromatic nitrogens is 6. The molecule has 8 rings (SSSR count). The fraction of sp³-hybridized carbons (Fsp3) is 0.256. The number of nitrogens with zero attached hydrogens (tertiary/aromatic N) is 9. The first-order valence-corrected chi connectivity index (χ1v) is 17.1. The smallest absolute Gasteiger partial charge is 0.416 e. The highest BCUT2D eigenvalue weighted by atomic mass is 16.6. The maximum Gasteiger partial charge on any atom is 0.416 e. The van der Waals surface area contributed by atoms with Gasteiger partial charge in [0.2, 0.25) is 0 Å². The predicted molar refractivity (Wildman–Crippen MR) is 195 cm³/mol. The number of aldehydes is 2. The SMILES string of the molecule is CC(C)(C)OC(=O)N(c1cc(-c2cccc(C#N)c2)nc2c(C=O)cnn12)C1CC1.N#Cc1cccc(-c2cc(NC3CC3)n3ncc(C=O)c3n2)c1. The van der Waals surface area contributed by atoms with Crippen LogP contribution < -0.4 is 10.2 Å². The number of nitrogens with one attached hydrogen (secondary N) is 1. The van der Waals surface area contributed by atoms with Crippen molar-refractivity contribution in [1.29, 1.82) is 10.5 Å². The molecule has 1 N–H and O–H groups in total. The Hall–Kier alpha value is -6.93. The normalized spacial score (nSPS) is 13.7. The molecule has 6 aromatic rings. The van der Waals surface area contributed by atoms with Crippen molar-refractivity contribution in [3.8, 4) is 34.7 Å². The van der Waals surface area contributed by atoms with Crippen molar-refractivity contribution < 1.29 is 19.1 Å². The van der Waals surface area contributed by atoms with E-state index in [9.17, 15) is 19.6 Å². The number of ether oxygens (including phenoxy) is 1. The number of carbonyl (C=O) groups excluding carboxylic acids is 3. The van der Waals surface area contributed by atoms with Crippen molar-refractivity contribution in [2.24, 2.45) is 0 Å². The van der Waals surface area contributed by atoms with Crippen molar-refractivity contribution in [1.82, 2.24) is 29.2 Å². The molecule has 4 aromatic heterocycles. The summed E-state index contributed by atoms with van der Waals surface area (Å²) in [5, 5.41) is 30.3. The molecule has 14 heteroatoms. The molecule has 2 saturated carbocycles. The van der Waals surface area contributed by atoms with Crippen LogP contribution in [-0.4, -0.2) is 65.5 Å². The van der Waals surface area contributed by atoms with Gasteiger partial charge in [0.05, 0.1) is 58.2 Å². The molecule has 0 saturated heterocycles. The van der Waals surface area contributed by atoms with E-state index in [1.165, 1.54) is 16.9 Å². The van der Waals surface area contributed by atoms with Crippen LogP contribution in [0.15, 0.2) is 73.1 Å².